The molecule has 0 aromatic heterocycles. The van der Waals surface area contributed by atoms with Gasteiger partial charge in [-0.05, 0) is 13.8 Å². The summed E-state index contributed by atoms with van der Waals surface area (Å²) in [5.41, 5.74) is -3.91. The van der Waals surface area contributed by atoms with E-state index in [1.807, 2.05) is 0 Å². The van der Waals surface area contributed by atoms with Gasteiger partial charge >= 0.3 is 13.3 Å². The SMILES string of the molecule is CCOP(=O)(OCC)C(F)(F)C(=S)NCCO. The first-order valence-electron chi connectivity index (χ1n) is 5.01. The van der Waals surface area contributed by atoms with E-state index in [2.05, 4.69) is 26.6 Å². The lowest BCUT2D eigenvalue weighted by atomic mass is 10.6. The highest BCUT2D eigenvalue weighted by molar-refractivity contribution is 7.81. The van der Waals surface area contributed by atoms with Crippen molar-refractivity contribution < 1.29 is 27.5 Å². The lowest BCUT2D eigenvalue weighted by Gasteiger charge is -2.26. The number of aliphatic hydroxyl groups is 1. The summed E-state index contributed by atoms with van der Waals surface area (Å²) in [6.45, 7) is 1.94. The largest absolute Gasteiger partial charge is 0.406 e. The molecule has 102 valence electrons. The molecule has 9 heteroatoms. The maximum atomic E-state index is 13.8. The third-order valence-electron chi connectivity index (χ3n) is 1.61. The Balaban J connectivity index is 4.93. The Hall–Kier alpha value is -0.140. The summed E-state index contributed by atoms with van der Waals surface area (Å²) in [5, 5.41) is 10.6. The fourth-order valence-electron chi connectivity index (χ4n) is 0.939. The Bertz CT molecular complexity index is 293. The fourth-order valence-corrected chi connectivity index (χ4v) is 2.78. The predicted octanol–water partition coefficient (Wildman–Crippen LogP) is 1.75. The lowest BCUT2D eigenvalue weighted by molar-refractivity contribution is 0.0936. The number of hydrogen-bond donors (Lipinski definition) is 2. The molecule has 0 unspecified atom stereocenters. The summed E-state index contributed by atoms with van der Waals surface area (Å²) in [6, 6.07) is 0. The second-order valence-electron chi connectivity index (χ2n) is 2.85. The van der Waals surface area contributed by atoms with Crippen molar-refractivity contribution in [3.63, 3.8) is 0 Å². The van der Waals surface area contributed by atoms with Crippen LogP contribution in [-0.4, -0.2) is 42.1 Å². The van der Waals surface area contributed by atoms with Crippen LogP contribution in [0.25, 0.3) is 0 Å². The molecule has 0 fully saturated rings. The average molecular weight is 291 g/mol. The van der Waals surface area contributed by atoms with Crippen molar-refractivity contribution in [2.45, 2.75) is 19.5 Å². The zero-order chi connectivity index (χ0) is 13.5. The lowest BCUT2D eigenvalue weighted by Crippen LogP contribution is -2.40. The van der Waals surface area contributed by atoms with Gasteiger partial charge in [-0.1, -0.05) is 12.2 Å². The number of thiocarbonyl (C=S) groups is 1. The van der Waals surface area contributed by atoms with Crippen LogP contribution in [0.3, 0.4) is 0 Å². The van der Waals surface area contributed by atoms with Gasteiger partial charge in [-0.25, -0.2) is 0 Å². The molecule has 0 aliphatic rings. The Kier molecular flexibility index (Phi) is 7.27. The van der Waals surface area contributed by atoms with E-state index in [1.165, 1.54) is 13.8 Å². The standard InChI is InChI=1S/C8H16F2NO4PS/c1-3-14-16(13,15-4-2)8(9,10)7(17)11-5-6-12/h12H,3-6H2,1-2H3,(H,11,17). The highest BCUT2D eigenvalue weighted by Crippen LogP contribution is 2.62. The minimum atomic E-state index is -4.64. The van der Waals surface area contributed by atoms with E-state index in [4.69, 9.17) is 5.11 Å². The second kappa shape index (κ2) is 7.33. The maximum Gasteiger partial charge on any atom is 0.406 e. The van der Waals surface area contributed by atoms with Crippen molar-refractivity contribution in [1.82, 2.24) is 5.32 Å². The topological polar surface area (TPSA) is 67.8 Å². The minimum Gasteiger partial charge on any atom is -0.395 e. The Morgan fingerprint density at radius 1 is 1.41 bits per heavy atom. The van der Waals surface area contributed by atoms with Gasteiger partial charge in [0.15, 0.2) is 4.99 Å². The predicted molar refractivity (Wildman–Crippen MR) is 63.5 cm³/mol. The zero-order valence-electron chi connectivity index (χ0n) is 9.61. The molecular formula is C8H16F2NO4PS. The summed E-state index contributed by atoms with van der Waals surface area (Å²) >= 11 is 4.43. The van der Waals surface area contributed by atoms with Gasteiger partial charge in [-0.2, -0.15) is 8.78 Å². The second-order valence-corrected chi connectivity index (χ2v) is 5.34. The molecule has 0 amide bonds. The van der Waals surface area contributed by atoms with Gasteiger partial charge < -0.3 is 19.5 Å². The highest BCUT2D eigenvalue weighted by Gasteiger charge is 2.56. The summed E-state index contributed by atoms with van der Waals surface area (Å²) in [6.07, 6.45) is 0. The molecule has 17 heavy (non-hydrogen) atoms. The number of rotatable bonds is 8. The molecule has 0 saturated carbocycles. The van der Waals surface area contributed by atoms with E-state index >= 15 is 0 Å². The molecule has 0 rings (SSSR count). The first-order valence-corrected chi connectivity index (χ1v) is 6.97. The molecule has 5 nitrogen and oxygen atoms in total. The third-order valence-corrected chi connectivity index (χ3v) is 4.27. The van der Waals surface area contributed by atoms with E-state index in [9.17, 15) is 13.3 Å². The Morgan fingerprint density at radius 2 is 1.88 bits per heavy atom. The van der Waals surface area contributed by atoms with Crippen molar-refractivity contribution in [3.8, 4) is 0 Å². The maximum absolute atomic E-state index is 13.8. The van der Waals surface area contributed by atoms with Crippen LogP contribution in [0, 0.1) is 0 Å². The van der Waals surface area contributed by atoms with Crippen LogP contribution in [0.5, 0.6) is 0 Å². The number of halogens is 2. The minimum absolute atomic E-state index is 0.160. The van der Waals surface area contributed by atoms with Crippen molar-refractivity contribution in [2.24, 2.45) is 0 Å². The molecule has 0 aromatic rings. The molecule has 0 bridgehead atoms. The van der Waals surface area contributed by atoms with Crippen LogP contribution in [0.1, 0.15) is 13.8 Å². The number of aliphatic hydroxyl groups excluding tert-OH is 1. The first kappa shape index (κ1) is 16.9. The van der Waals surface area contributed by atoms with Crippen molar-refractivity contribution >= 4 is 24.8 Å². The van der Waals surface area contributed by atoms with E-state index in [1.54, 1.807) is 0 Å². The van der Waals surface area contributed by atoms with E-state index in [0.29, 0.717) is 0 Å². The molecule has 2 N–H and O–H groups in total. The number of hydrogen-bond acceptors (Lipinski definition) is 5. The third kappa shape index (κ3) is 4.22. The molecule has 0 aromatic carbocycles. The van der Waals surface area contributed by atoms with Gasteiger partial charge in [0.05, 0.1) is 19.8 Å². The van der Waals surface area contributed by atoms with Gasteiger partial charge in [-0.15, -0.1) is 0 Å². The molecular weight excluding hydrogens is 275 g/mol. The van der Waals surface area contributed by atoms with Crippen LogP contribution in [0.15, 0.2) is 0 Å². The average Bonchev–Trinajstić information content (AvgIpc) is 2.26. The van der Waals surface area contributed by atoms with Crippen LogP contribution >= 0.6 is 19.8 Å². The smallest absolute Gasteiger partial charge is 0.395 e. The van der Waals surface area contributed by atoms with Crippen LogP contribution < -0.4 is 5.32 Å². The van der Waals surface area contributed by atoms with E-state index in [-0.39, 0.29) is 26.4 Å². The molecule has 0 aliphatic heterocycles. The van der Waals surface area contributed by atoms with Crippen molar-refractivity contribution in [3.05, 3.63) is 0 Å². The quantitative estimate of drug-likeness (QED) is 0.524. The summed E-state index contributed by atoms with van der Waals surface area (Å²) in [4.78, 5) is -0.961. The number of nitrogens with one attached hydrogen (secondary N) is 1. The van der Waals surface area contributed by atoms with Crippen LogP contribution in [-0.2, 0) is 13.6 Å². The zero-order valence-corrected chi connectivity index (χ0v) is 11.3. The number of alkyl halides is 2. The first-order chi connectivity index (χ1) is 7.85. The van der Waals surface area contributed by atoms with E-state index < -0.39 is 18.2 Å². The summed E-state index contributed by atoms with van der Waals surface area (Å²) in [7, 11) is -4.64. The molecule has 0 aliphatic carbocycles. The van der Waals surface area contributed by atoms with E-state index in [0.717, 1.165) is 0 Å². The van der Waals surface area contributed by atoms with Gasteiger partial charge in [0.25, 0.3) is 0 Å². The van der Waals surface area contributed by atoms with Crippen molar-refractivity contribution in [2.75, 3.05) is 26.4 Å². The van der Waals surface area contributed by atoms with Crippen LogP contribution in [0.4, 0.5) is 8.78 Å². The summed E-state index contributed by atoms with van der Waals surface area (Å²) < 4.78 is 48.4. The molecule has 0 spiro atoms. The normalized spacial score (nSPS) is 12.5. The Labute approximate surface area is 104 Å². The molecule has 0 saturated heterocycles. The van der Waals surface area contributed by atoms with Gasteiger partial charge in [-0.3, -0.25) is 4.57 Å². The molecule has 0 atom stereocenters. The van der Waals surface area contributed by atoms with Crippen molar-refractivity contribution in [1.29, 1.82) is 0 Å². The van der Waals surface area contributed by atoms with Gasteiger partial charge in [0, 0.05) is 6.54 Å². The Morgan fingerprint density at radius 3 is 2.24 bits per heavy atom. The van der Waals surface area contributed by atoms with Crippen LogP contribution in [0.2, 0.25) is 0 Å². The highest BCUT2D eigenvalue weighted by atomic mass is 32.1. The van der Waals surface area contributed by atoms with Gasteiger partial charge in [0.2, 0.25) is 0 Å². The molecule has 0 radical (unpaired) electrons. The van der Waals surface area contributed by atoms with Gasteiger partial charge in [0.1, 0.15) is 0 Å². The summed E-state index contributed by atoms with van der Waals surface area (Å²) in [5.74, 6) is 0. The molecule has 0 heterocycles. The fraction of sp³-hybridized carbons (Fsp3) is 0.875. The monoisotopic (exact) mass is 291 g/mol.